The van der Waals surface area contributed by atoms with E-state index in [9.17, 15) is 9.90 Å². The van der Waals surface area contributed by atoms with Gasteiger partial charge in [-0.1, -0.05) is 0 Å². The average molecular weight is 406 g/mol. The van der Waals surface area contributed by atoms with E-state index in [1.807, 2.05) is 19.1 Å². The number of aromatic amines is 1. The molecule has 0 spiro atoms. The van der Waals surface area contributed by atoms with Gasteiger partial charge in [-0.2, -0.15) is 0 Å². The molecule has 0 aromatic carbocycles. The topological polar surface area (TPSA) is 133 Å². The Morgan fingerprint density at radius 2 is 1.97 bits per heavy atom. The minimum atomic E-state index is -0.284. The molecule has 3 N–H and O–H groups in total. The number of pyridine rings is 1. The molecule has 1 fully saturated rings. The fraction of sp³-hybridized carbons (Fsp3) is 0.400. The molecule has 5 rings (SSSR count). The Labute approximate surface area is 172 Å². The maximum absolute atomic E-state index is 12.7. The average Bonchev–Trinajstić information content (AvgIpc) is 3.29. The second-order valence-corrected chi connectivity index (χ2v) is 7.67. The van der Waals surface area contributed by atoms with Crippen LogP contribution in [0.4, 0.5) is 11.6 Å². The lowest BCUT2D eigenvalue weighted by molar-refractivity contribution is -0.118. The highest BCUT2D eigenvalue weighted by molar-refractivity contribution is 6.01. The van der Waals surface area contributed by atoms with Crippen molar-refractivity contribution in [3.63, 3.8) is 0 Å². The minimum absolute atomic E-state index is 0.0224. The summed E-state index contributed by atoms with van der Waals surface area (Å²) in [7, 11) is 0. The predicted molar refractivity (Wildman–Crippen MR) is 110 cm³/mol. The van der Waals surface area contributed by atoms with Crippen LogP contribution in [0.1, 0.15) is 31.4 Å². The SMILES string of the molecule is Cc1nc(-c2nnc[nH]2)ccc1-c1cnc2c(n1)N([C@H]1CC[C@@H](O)CC1)C(=O)CN2. The Hall–Kier alpha value is -3.40. The molecular formula is C20H22N8O2. The molecule has 0 unspecified atom stereocenters. The fourth-order valence-electron chi connectivity index (χ4n) is 4.15. The number of hydrogen-bond donors (Lipinski definition) is 3. The molecule has 1 aliphatic carbocycles. The molecule has 154 valence electrons. The summed E-state index contributed by atoms with van der Waals surface area (Å²) in [6.45, 7) is 2.10. The van der Waals surface area contributed by atoms with Crippen LogP contribution in [0.2, 0.25) is 0 Å². The molecule has 10 nitrogen and oxygen atoms in total. The van der Waals surface area contributed by atoms with Crippen molar-refractivity contribution in [3.05, 3.63) is 30.4 Å². The number of carbonyl (C=O) groups excluding carboxylic acids is 1. The van der Waals surface area contributed by atoms with Gasteiger partial charge in [0.15, 0.2) is 17.5 Å². The zero-order valence-electron chi connectivity index (χ0n) is 16.5. The first-order chi connectivity index (χ1) is 14.6. The van der Waals surface area contributed by atoms with Gasteiger partial charge in [-0.05, 0) is 44.7 Å². The quantitative estimate of drug-likeness (QED) is 0.598. The number of amides is 1. The first-order valence-corrected chi connectivity index (χ1v) is 10.1. The third kappa shape index (κ3) is 3.28. The molecular weight excluding hydrogens is 384 g/mol. The van der Waals surface area contributed by atoms with Crippen molar-refractivity contribution < 1.29 is 9.90 Å². The number of aryl methyl sites for hydroxylation is 1. The Morgan fingerprint density at radius 3 is 2.70 bits per heavy atom. The van der Waals surface area contributed by atoms with Crippen molar-refractivity contribution in [2.75, 3.05) is 16.8 Å². The van der Waals surface area contributed by atoms with Crippen LogP contribution in [0.25, 0.3) is 22.8 Å². The molecule has 3 aromatic heterocycles. The number of anilines is 2. The van der Waals surface area contributed by atoms with Crippen molar-refractivity contribution in [1.29, 1.82) is 0 Å². The lowest BCUT2D eigenvalue weighted by Crippen LogP contribution is -2.49. The predicted octanol–water partition coefficient (Wildman–Crippen LogP) is 1.69. The van der Waals surface area contributed by atoms with Crippen molar-refractivity contribution in [2.24, 2.45) is 0 Å². The van der Waals surface area contributed by atoms with E-state index in [0.29, 0.717) is 41.7 Å². The van der Waals surface area contributed by atoms with Gasteiger partial charge >= 0.3 is 0 Å². The number of nitrogens with one attached hydrogen (secondary N) is 2. The van der Waals surface area contributed by atoms with Gasteiger partial charge in [-0.3, -0.25) is 9.69 Å². The second-order valence-electron chi connectivity index (χ2n) is 7.67. The van der Waals surface area contributed by atoms with Crippen molar-refractivity contribution in [2.45, 2.75) is 44.8 Å². The number of aliphatic hydroxyl groups excluding tert-OH is 1. The van der Waals surface area contributed by atoms with Crippen LogP contribution < -0.4 is 10.2 Å². The summed E-state index contributed by atoms with van der Waals surface area (Å²) < 4.78 is 0. The molecule has 0 saturated heterocycles. The first kappa shape index (κ1) is 18.6. The molecule has 1 amide bonds. The van der Waals surface area contributed by atoms with Gasteiger partial charge < -0.3 is 15.4 Å². The zero-order valence-corrected chi connectivity index (χ0v) is 16.5. The number of rotatable bonds is 3. The van der Waals surface area contributed by atoms with Crippen LogP contribution in [0.15, 0.2) is 24.7 Å². The van der Waals surface area contributed by atoms with E-state index in [1.54, 1.807) is 11.1 Å². The number of fused-ring (bicyclic) bond motifs is 1. The van der Waals surface area contributed by atoms with Gasteiger partial charge in [0.05, 0.1) is 24.5 Å². The molecule has 1 saturated carbocycles. The maximum atomic E-state index is 12.7. The van der Waals surface area contributed by atoms with Gasteiger partial charge in [0.1, 0.15) is 12.0 Å². The van der Waals surface area contributed by atoms with Crippen LogP contribution in [-0.2, 0) is 4.79 Å². The summed E-state index contributed by atoms with van der Waals surface area (Å²) in [5, 5.41) is 20.7. The van der Waals surface area contributed by atoms with Crippen LogP contribution in [0, 0.1) is 6.92 Å². The Bertz CT molecular complexity index is 1080. The molecule has 0 radical (unpaired) electrons. The number of H-pyrrole nitrogens is 1. The molecule has 30 heavy (non-hydrogen) atoms. The van der Waals surface area contributed by atoms with Crippen molar-refractivity contribution >= 4 is 17.5 Å². The Balaban J connectivity index is 1.51. The lowest BCUT2D eigenvalue weighted by Gasteiger charge is -2.38. The van der Waals surface area contributed by atoms with Crippen molar-refractivity contribution in [1.82, 2.24) is 30.1 Å². The van der Waals surface area contributed by atoms with E-state index in [0.717, 1.165) is 24.1 Å². The highest BCUT2D eigenvalue weighted by atomic mass is 16.3. The van der Waals surface area contributed by atoms with E-state index in [2.05, 4.69) is 30.5 Å². The van der Waals surface area contributed by atoms with E-state index in [1.165, 1.54) is 6.33 Å². The van der Waals surface area contributed by atoms with E-state index in [4.69, 9.17) is 4.98 Å². The van der Waals surface area contributed by atoms with Crippen LogP contribution in [-0.4, -0.2) is 59.8 Å². The lowest BCUT2D eigenvalue weighted by atomic mass is 9.91. The smallest absolute Gasteiger partial charge is 0.247 e. The van der Waals surface area contributed by atoms with Gasteiger partial charge in [-0.15, -0.1) is 10.2 Å². The molecule has 2 aliphatic rings. The zero-order chi connectivity index (χ0) is 20.7. The first-order valence-electron chi connectivity index (χ1n) is 10.1. The summed E-state index contributed by atoms with van der Waals surface area (Å²) >= 11 is 0. The normalized spacial score (nSPS) is 21.3. The number of carbonyl (C=O) groups is 1. The third-order valence-electron chi connectivity index (χ3n) is 5.71. The molecule has 0 bridgehead atoms. The summed E-state index contributed by atoms with van der Waals surface area (Å²) in [5.41, 5.74) is 2.96. The summed E-state index contributed by atoms with van der Waals surface area (Å²) in [6, 6.07) is 3.81. The fourth-order valence-corrected chi connectivity index (χ4v) is 4.15. The van der Waals surface area contributed by atoms with E-state index in [-0.39, 0.29) is 24.6 Å². The van der Waals surface area contributed by atoms with E-state index < -0.39 is 0 Å². The maximum Gasteiger partial charge on any atom is 0.247 e. The molecule has 0 atom stereocenters. The van der Waals surface area contributed by atoms with Gasteiger partial charge in [0.2, 0.25) is 5.91 Å². The van der Waals surface area contributed by atoms with Crippen LogP contribution in [0.3, 0.4) is 0 Å². The van der Waals surface area contributed by atoms with E-state index >= 15 is 0 Å². The molecule has 3 aromatic rings. The Kier molecular flexibility index (Phi) is 4.62. The Morgan fingerprint density at radius 1 is 1.13 bits per heavy atom. The third-order valence-corrected chi connectivity index (χ3v) is 5.71. The van der Waals surface area contributed by atoms with Gasteiger partial charge in [0.25, 0.3) is 0 Å². The molecule has 1 aliphatic heterocycles. The monoisotopic (exact) mass is 406 g/mol. The summed E-state index contributed by atoms with van der Waals surface area (Å²) in [6.07, 6.45) is 5.82. The molecule has 10 heteroatoms. The summed E-state index contributed by atoms with van der Waals surface area (Å²) in [4.78, 5) is 31.4. The van der Waals surface area contributed by atoms with Gasteiger partial charge in [-0.25, -0.2) is 15.0 Å². The highest BCUT2D eigenvalue weighted by Gasteiger charge is 2.35. The van der Waals surface area contributed by atoms with Crippen molar-refractivity contribution in [3.8, 4) is 22.8 Å². The largest absolute Gasteiger partial charge is 0.393 e. The minimum Gasteiger partial charge on any atom is -0.393 e. The van der Waals surface area contributed by atoms with Crippen LogP contribution >= 0.6 is 0 Å². The van der Waals surface area contributed by atoms with Gasteiger partial charge in [0, 0.05) is 17.3 Å². The highest BCUT2D eigenvalue weighted by Crippen LogP contribution is 2.34. The number of hydrogen-bond acceptors (Lipinski definition) is 8. The number of nitrogens with zero attached hydrogens (tertiary/aromatic N) is 6. The molecule has 4 heterocycles. The second kappa shape index (κ2) is 7.45. The summed E-state index contributed by atoms with van der Waals surface area (Å²) in [5.74, 6) is 1.73. The van der Waals surface area contributed by atoms with Crippen LogP contribution in [0.5, 0.6) is 0 Å². The number of aromatic nitrogens is 6. The number of aliphatic hydroxyl groups is 1. The standard InChI is InChI=1S/C20H22N8O2/c1-11-14(6-7-15(25-11)18-23-10-24-27-18)16-8-21-19-20(26-16)28(17(30)9-22-19)12-2-4-13(29)5-3-12/h6-8,10,12-13,29H,2-5,9H2,1H3,(H,21,22)(H,23,24,27)/t12-,13+.